The van der Waals surface area contributed by atoms with Gasteiger partial charge in [-0.25, -0.2) is 4.79 Å². The zero-order chi connectivity index (χ0) is 10.9. The summed E-state index contributed by atoms with van der Waals surface area (Å²) in [6.07, 6.45) is 0.117. The minimum absolute atomic E-state index is 0.322. The van der Waals surface area contributed by atoms with Crippen LogP contribution in [0.1, 0.15) is 11.5 Å². The van der Waals surface area contributed by atoms with Gasteiger partial charge in [-0.1, -0.05) is 5.92 Å². The largest absolute Gasteiger partial charge is 0.435 e. The standard InChI is InChI=1S/C8H5F3NO2/c1-3-4-12-6(8(9,10)11)5(2)14-7(12)13/h1H,2,4H2. The second-order valence-electron chi connectivity index (χ2n) is 2.43. The SMILES string of the molecule is C#CCn1c(C(F)(F)F)c([CH2])oc1=O. The highest BCUT2D eigenvalue weighted by Crippen LogP contribution is 2.30. The molecule has 0 N–H and O–H groups in total. The van der Waals surface area contributed by atoms with Crippen molar-refractivity contribution in [3.8, 4) is 12.3 Å². The molecule has 1 heterocycles. The third-order valence-corrected chi connectivity index (χ3v) is 1.48. The molecule has 75 valence electrons. The maximum absolute atomic E-state index is 12.3. The van der Waals surface area contributed by atoms with Crippen LogP contribution in [0, 0.1) is 19.3 Å². The molecule has 6 heteroatoms. The summed E-state index contributed by atoms with van der Waals surface area (Å²) in [7, 11) is 0. The minimum Gasteiger partial charge on any atom is -0.412 e. The molecular formula is C8H5F3NO2. The summed E-state index contributed by atoms with van der Waals surface area (Å²) in [5.41, 5.74) is -1.24. The lowest BCUT2D eigenvalue weighted by Gasteiger charge is -2.07. The van der Waals surface area contributed by atoms with Crippen molar-refractivity contribution in [2.24, 2.45) is 0 Å². The Balaban J connectivity index is 3.42. The van der Waals surface area contributed by atoms with E-state index in [0.717, 1.165) is 0 Å². The number of hydrogen-bond acceptors (Lipinski definition) is 2. The summed E-state index contributed by atoms with van der Waals surface area (Å²) in [6, 6.07) is 0. The summed E-state index contributed by atoms with van der Waals surface area (Å²) >= 11 is 0. The Morgan fingerprint density at radius 1 is 1.57 bits per heavy atom. The first-order valence-electron chi connectivity index (χ1n) is 3.44. The lowest BCUT2D eigenvalue weighted by Crippen LogP contribution is -2.21. The van der Waals surface area contributed by atoms with Crippen molar-refractivity contribution in [1.29, 1.82) is 0 Å². The van der Waals surface area contributed by atoms with Gasteiger partial charge in [0.15, 0.2) is 5.69 Å². The van der Waals surface area contributed by atoms with E-state index in [-0.39, 0.29) is 0 Å². The van der Waals surface area contributed by atoms with Gasteiger partial charge in [0.1, 0.15) is 5.76 Å². The Labute approximate surface area is 77.1 Å². The van der Waals surface area contributed by atoms with Gasteiger partial charge in [-0.15, -0.1) is 6.42 Å². The first-order chi connectivity index (χ1) is 6.38. The molecule has 0 amide bonds. The molecule has 1 aromatic heterocycles. The molecule has 14 heavy (non-hydrogen) atoms. The Morgan fingerprint density at radius 3 is 2.57 bits per heavy atom. The third-order valence-electron chi connectivity index (χ3n) is 1.48. The topological polar surface area (TPSA) is 35.1 Å². The highest BCUT2D eigenvalue weighted by molar-refractivity contribution is 5.17. The van der Waals surface area contributed by atoms with Gasteiger partial charge < -0.3 is 4.42 Å². The van der Waals surface area contributed by atoms with Gasteiger partial charge in [-0.2, -0.15) is 13.2 Å². The van der Waals surface area contributed by atoms with Crippen LogP contribution in [0.4, 0.5) is 13.2 Å². The fourth-order valence-corrected chi connectivity index (χ4v) is 0.997. The maximum Gasteiger partial charge on any atom is 0.435 e. The Morgan fingerprint density at radius 2 is 2.14 bits per heavy atom. The minimum atomic E-state index is -4.69. The van der Waals surface area contributed by atoms with Gasteiger partial charge in [0, 0.05) is 6.92 Å². The molecule has 1 rings (SSSR count). The first-order valence-corrected chi connectivity index (χ1v) is 3.44. The van der Waals surface area contributed by atoms with Crippen LogP contribution in [0.25, 0.3) is 0 Å². The molecule has 0 spiro atoms. The Kier molecular flexibility index (Phi) is 2.43. The average Bonchev–Trinajstić information content (AvgIpc) is 2.26. The van der Waals surface area contributed by atoms with Crippen LogP contribution >= 0.6 is 0 Å². The number of oxazole rings is 1. The van der Waals surface area contributed by atoms with Crippen molar-refractivity contribution in [2.45, 2.75) is 12.7 Å². The summed E-state index contributed by atoms with van der Waals surface area (Å²) in [5, 5.41) is 0. The molecule has 0 unspecified atom stereocenters. The van der Waals surface area contributed by atoms with Crippen LogP contribution in [0.3, 0.4) is 0 Å². The van der Waals surface area contributed by atoms with Gasteiger partial charge >= 0.3 is 11.9 Å². The molecule has 1 aromatic rings. The number of terminal acetylenes is 1. The van der Waals surface area contributed by atoms with Gasteiger partial charge in [0.05, 0.1) is 6.54 Å². The van der Waals surface area contributed by atoms with Crippen LogP contribution in [0.15, 0.2) is 9.21 Å². The van der Waals surface area contributed by atoms with E-state index in [1.54, 1.807) is 0 Å². The smallest absolute Gasteiger partial charge is 0.412 e. The molecular weight excluding hydrogens is 199 g/mol. The highest BCUT2D eigenvalue weighted by Gasteiger charge is 2.39. The van der Waals surface area contributed by atoms with Crippen LogP contribution in [0.2, 0.25) is 0 Å². The average molecular weight is 204 g/mol. The molecule has 0 bridgehead atoms. The number of aromatic nitrogens is 1. The fourth-order valence-electron chi connectivity index (χ4n) is 0.997. The van der Waals surface area contributed by atoms with Gasteiger partial charge in [-0.05, 0) is 0 Å². The van der Waals surface area contributed by atoms with Crippen molar-refractivity contribution in [3.05, 3.63) is 28.9 Å². The van der Waals surface area contributed by atoms with E-state index >= 15 is 0 Å². The van der Waals surface area contributed by atoms with E-state index in [2.05, 4.69) is 11.3 Å². The van der Waals surface area contributed by atoms with E-state index in [4.69, 9.17) is 6.42 Å². The normalized spacial score (nSPS) is 11.4. The third kappa shape index (κ3) is 1.66. The number of nitrogens with zero attached hydrogens (tertiary/aromatic N) is 1. The molecule has 0 saturated carbocycles. The molecule has 0 aliphatic heterocycles. The first kappa shape index (κ1) is 10.4. The number of rotatable bonds is 1. The van der Waals surface area contributed by atoms with Gasteiger partial charge in [0.2, 0.25) is 0 Å². The molecule has 0 aliphatic rings. The number of alkyl halides is 3. The van der Waals surface area contributed by atoms with Crippen molar-refractivity contribution in [3.63, 3.8) is 0 Å². The fraction of sp³-hybridized carbons (Fsp3) is 0.250. The monoisotopic (exact) mass is 204 g/mol. The predicted octanol–water partition coefficient (Wildman–Crippen LogP) is 1.28. The number of hydrogen-bond donors (Lipinski definition) is 0. The van der Waals surface area contributed by atoms with Crippen LogP contribution < -0.4 is 5.76 Å². The molecule has 0 fully saturated rings. The van der Waals surface area contributed by atoms with Crippen molar-refractivity contribution >= 4 is 0 Å². The molecule has 0 atom stereocenters. The second-order valence-corrected chi connectivity index (χ2v) is 2.43. The van der Waals surface area contributed by atoms with Crippen LogP contribution in [-0.4, -0.2) is 4.57 Å². The highest BCUT2D eigenvalue weighted by atomic mass is 19.4. The predicted molar refractivity (Wildman–Crippen MR) is 41.3 cm³/mol. The van der Waals surface area contributed by atoms with E-state index < -0.39 is 29.9 Å². The van der Waals surface area contributed by atoms with Crippen molar-refractivity contribution < 1.29 is 17.6 Å². The van der Waals surface area contributed by atoms with Crippen molar-refractivity contribution in [1.82, 2.24) is 4.57 Å². The van der Waals surface area contributed by atoms with Crippen molar-refractivity contribution in [2.75, 3.05) is 0 Å². The zero-order valence-corrected chi connectivity index (χ0v) is 6.89. The lowest BCUT2D eigenvalue weighted by atomic mass is 10.3. The second kappa shape index (κ2) is 3.25. The van der Waals surface area contributed by atoms with Gasteiger partial charge in [-0.3, -0.25) is 4.57 Å². The molecule has 3 nitrogen and oxygen atoms in total. The molecule has 1 radical (unpaired) electrons. The summed E-state index contributed by atoms with van der Waals surface area (Å²) in [4.78, 5) is 10.9. The Bertz CT molecular complexity index is 433. The summed E-state index contributed by atoms with van der Waals surface area (Å²) in [5.74, 6) is 0.0490. The van der Waals surface area contributed by atoms with E-state index in [9.17, 15) is 18.0 Å². The summed E-state index contributed by atoms with van der Waals surface area (Å²) in [6.45, 7) is 2.48. The Hall–Kier alpha value is -1.64. The zero-order valence-electron chi connectivity index (χ0n) is 6.89. The quantitative estimate of drug-likeness (QED) is 0.646. The van der Waals surface area contributed by atoms with E-state index in [0.29, 0.717) is 4.57 Å². The maximum atomic E-state index is 12.3. The lowest BCUT2D eigenvalue weighted by molar-refractivity contribution is -0.144. The number of halogens is 3. The molecule has 0 saturated heterocycles. The molecule has 0 aromatic carbocycles. The van der Waals surface area contributed by atoms with E-state index in [1.165, 1.54) is 0 Å². The molecule has 0 aliphatic carbocycles. The van der Waals surface area contributed by atoms with Crippen LogP contribution in [-0.2, 0) is 12.7 Å². The van der Waals surface area contributed by atoms with Crippen LogP contribution in [0.5, 0.6) is 0 Å². The van der Waals surface area contributed by atoms with Gasteiger partial charge in [0.25, 0.3) is 0 Å². The van der Waals surface area contributed by atoms with E-state index in [1.807, 2.05) is 5.92 Å². The summed E-state index contributed by atoms with van der Waals surface area (Å²) < 4.78 is 41.5.